The van der Waals surface area contributed by atoms with Crippen molar-refractivity contribution >= 4 is 8.41 Å². The highest BCUT2D eigenvalue weighted by Crippen LogP contribution is 2.29. The van der Waals surface area contributed by atoms with Crippen LogP contribution in [0.15, 0.2) is 36.4 Å². The van der Waals surface area contributed by atoms with Gasteiger partial charge in [-0.25, -0.2) is 0 Å². The van der Waals surface area contributed by atoms with Crippen LogP contribution in [0.1, 0.15) is 59.1 Å². The van der Waals surface area contributed by atoms with Gasteiger partial charge in [0.15, 0.2) is 0 Å². The molecule has 0 heterocycles. The summed E-state index contributed by atoms with van der Waals surface area (Å²) in [6.45, 7) is 0. The predicted molar refractivity (Wildman–Crippen MR) is 94.7 cm³/mol. The summed E-state index contributed by atoms with van der Waals surface area (Å²) in [7, 11) is 0. The maximum Gasteiger partial charge on any atom is 0 e. The molecule has 0 aliphatic heterocycles. The summed E-state index contributed by atoms with van der Waals surface area (Å²) >= 11 is 0. The molecule has 4 rings (SSSR count). The first-order valence-electron chi connectivity index (χ1n) is 8.61. The Morgan fingerprint density at radius 1 is 0.591 bits per heavy atom. The van der Waals surface area contributed by atoms with Crippen LogP contribution in [-0.4, -0.2) is 8.41 Å². The van der Waals surface area contributed by atoms with E-state index in [2.05, 4.69) is 36.4 Å². The second kappa shape index (κ2) is 6.73. The molecule has 2 aliphatic rings. The molecule has 0 spiro atoms. The normalized spacial score (nSPS) is 16.4. The molecule has 0 amide bonds. The third-order valence-corrected chi connectivity index (χ3v) is 5.37. The maximum absolute atomic E-state index is 2.37. The Bertz CT molecular complexity index is 599. The molecule has 0 nitrogen and oxygen atoms in total. The third kappa shape index (κ3) is 2.86. The first-order valence-corrected chi connectivity index (χ1v) is 8.61. The molecule has 0 atom stereocenters. The highest BCUT2D eigenvalue weighted by atomic mass is 14.2. The summed E-state index contributed by atoms with van der Waals surface area (Å²) in [6, 6.07) is 14.0. The monoisotopic (exact) mass is 287 g/mol. The van der Waals surface area contributed by atoms with Gasteiger partial charge in [-0.15, -0.1) is 0 Å². The quantitative estimate of drug-likeness (QED) is 0.705. The molecular formula is C21H24B. The van der Waals surface area contributed by atoms with Crippen LogP contribution in [0.4, 0.5) is 0 Å². The van der Waals surface area contributed by atoms with Crippen molar-refractivity contribution in [2.75, 3.05) is 0 Å². The molecule has 0 bridgehead atoms. The summed E-state index contributed by atoms with van der Waals surface area (Å²) in [6.07, 6.45) is 11.8. The summed E-state index contributed by atoms with van der Waals surface area (Å²) in [5.74, 6) is 0. The van der Waals surface area contributed by atoms with Crippen LogP contribution in [0.5, 0.6) is 0 Å². The van der Waals surface area contributed by atoms with Crippen LogP contribution in [0.25, 0.3) is 0 Å². The van der Waals surface area contributed by atoms with Crippen molar-refractivity contribution < 1.29 is 0 Å². The smallest absolute Gasteiger partial charge is 0 e. The van der Waals surface area contributed by atoms with Crippen LogP contribution < -0.4 is 0 Å². The molecule has 0 saturated heterocycles. The van der Waals surface area contributed by atoms with Gasteiger partial charge in [0.1, 0.15) is 0 Å². The van der Waals surface area contributed by atoms with Crippen molar-refractivity contribution in [2.24, 2.45) is 0 Å². The molecule has 22 heavy (non-hydrogen) atoms. The van der Waals surface area contributed by atoms with Gasteiger partial charge < -0.3 is 0 Å². The van der Waals surface area contributed by atoms with Gasteiger partial charge in [0, 0.05) is 8.41 Å². The van der Waals surface area contributed by atoms with Gasteiger partial charge in [0.25, 0.3) is 0 Å². The number of hydrogen-bond acceptors (Lipinski definition) is 0. The van der Waals surface area contributed by atoms with Crippen LogP contribution in [0.3, 0.4) is 0 Å². The third-order valence-electron chi connectivity index (χ3n) is 5.37. The lowest BCUT2D eigenvalue weighted by Gasteiger charge is -2.22. The van der Waals surface area contributed by atoms with Gasteiger partial charge in [-0.3, -0.25) is 0 Å². The molecule has 0 N–H and O–H groups in total. The average molecular weight is 287 g/mol. The Labute approximate surface area is 136 Å². The highest BCUT2D eigenvalue weighted by molar-refractivity contribution is 5.75. The summed E-state index contributed by atoms with van der Waals surface area (Å²) in [5.41, 5.74) is 9.73. The molecule has 2 aromatic carbocycles. The zero-order chi connectivity index (χ0) is 14.1. The Morgan fingerprint density at radius 2 is 1.05 bits per heavy atom. The van der Waals surface area contributed by atoms with Gasteiger partial charge in [-0.05, 0) is 91.2 Å². The summed E-state index contributed by atoms with van der Waals surface area (Å²) in [4.78, 5) is 0. The molecule has 0 saturated carbocycles. The van der Waals surface area contributed by atoms with Gasteiger partial charge >= 0.3 is 0 Å². The number of benzene rings is 2. The standard InChI is InChI=1S/C21H24.B/c1-3-13-20-16(7-1)9-5-11-18(20)15-19-12-6-10-17-8-2-4-14-21(17)19;/h5-6,9-12H,1-4,7-8,13-15H2;. The summed E-state index contributed by atoms with van der Waals surface area (Å²) < 4.78 is 0. The second-order valence-electron chi connectivity index (χ2n) is 6.70. The Balaban J connectivity index is 0.00000144. The van der Waals surface area contributed by atoms with Crippen LogP contribution in [0, 0.1) is 0 Å². The minimum Gasteiger partial charge on any atom is -0.0617 e. The fraction of sp³-hybridized carbons (Fsp3) is 0.429. The lowest BCUT2D eigenvalue weighted by atomic mass is 9.83. The molecule has 0 fully saturated rings. The Hall–Kier alpha value is -1.50. The Kier molecular flexibility index (Phi) is 4.71. The van der Waals surface area contributed by atoms with Crippen LogP contribution in [-0.2, 0) is 32.1 Å². The van der Waals surface area contributed by atoms with E-state index in [0.29, 0.717) is 0 Å². The minimum absolute atomic E-state index is 0. The number of fused-ring (bicyclic) bond motifs is 2. The van der Waals surface area contributed by atoms with Crippen molar-refractivity contribution in [1.82, 2.24) is 0 Å². The lowest BCUT2D eigenvalue weighted by Crippen LogP contribution is -2.10. The van der Waals surface area contributed by atoms with Crippen molar-refractivity contribution in [2.45, 2.75) is 57.8 Å². The van der Waals surface area contributed by atoms with Gasteiger partial charge in [-0.2, -0.15) is 0 Å². The second-order valence-corrected chi connectivity index (χ2v) is 6.70. The molecular weight excluding hydrogens is 263 g/mol. The molecule has 0 unspecified atom stereocenters. The van der Waals surface area contributed by atoms with E-state index >= 15 is 0 Å². The molecule has 111 valence electrons. The largest absolute Gasteiger partial charge is 0.0617 e. The van der Waals surface area contributed by atoms with E-state index in [0.717, 1.165) is 6.42 Å². The summed E-state index contributed by atoms with van der Waals surface area (Å²) in [5, 5.41) is 0. The zero-order valence-corrected chi connectivity index (χ0v) is 13.4. The van der Waals surface area contributed by atoms with E-state index in [1.165, 1.54) is 51.4 Å². The molecule has 2 aromatic rings. The SMILES string of the molecule is [B].c1cc2c(c(Cc3cccc4c3CCCC4)c1)CCCC2. The lowest BCUT2D eigenvalue weighted by molar-refractivity contribution is 0.673. The van der Waals surface area contributed by atoms with Gasteiger partial charge in [0.2, 0.25) is 0 Å². The van der Waals surface area contributed by atoms with Crippen molar-refractivity contribution in [3.05, 3.63) is 69.8 Å². The number of aryl methyl sites for hydroxylation is 2. The predicted octanol–water partition coefficient (Wildman–Crippen LogP) is 4.65. The van der Waals surface area contributed by atoms with E-state index in [1.54, 1.807) is 33.4 Å². The van der Waals surface area contributed by atoms with E-state index in [1.807, 2.05) is 0 Å². The van der Waals surface area contributed by atoms with E-state index in [-0.39, 0.29) is 8.41 Å². The van der Waals surface area contributed by atoms with Gasteiger partial charge in [0.05, 0.1) is 0 Å². The van der Waals surface area contributed by atoms with Crippen molar-refractivity contribution in [1.29, 1.82) is 0 Å². The highest BCUT2D eigenvalue weighted by Gasteiger charge is 2.16. The fourth-order valence-corrected chi connectivity index (χ4v) is 4.26. The molecule has 1 heteroatoms. The van der Waals surface area contributed by atoms with E-state index in [4.69, 9.17) is 0 Å². The molecule has 2 aliphatic carbocycles. The zero-order valence-electron chi connectivity index (χ0n) is 13.4. The Morgan fingerprint density at radius 3 is 1.55 bits per heavy atom. The fourth-order valence-electron chi connectivity index (χ4n) is 4.26. The average Bonchev–Trinajstić information content (AvgIpc) is 2.56. The van der Waals surface area contributed by atoms with E-state index < -0.39 is 0 Å². The number of rotatable bonds is 2. The van der Waals surface area contributed by atoms with Crippen molar-refractivity contribution in [3.8, 4) is 0 Å². The first kappa shape index (κ1) is 15.4. The van der Waals surface area contributed by atoms with Crippen LogP contribution in [0.2, 0.25) is 0 Å². The maximum atomic E-state index is 2.37. The first-order chi connectivity index (χ1) is 10.4. The molecule has 3 radical (unpaired) electrons. The van der Waals surface area contributed by atoms with Crippen LogP contribution >= 0.6 is 0 Å². The minimum atomic E-state index is 0. The number of hydrogen-bond donors (Lipinski definition) is 0. The van der Waals surface area contributed by atoms with E-state index in [9.17, 15) is 0 Å². The molecule has 0 aromatic heterocycles. The van der Waals surface area contributed by atoms with Crippen molar-refractivity contribution in [3.63, 3.8) is 0 Å². The van der Waals surface area contributed by atoms with Gasteiger partial charge in [-0.1, -0.05) is 36.4 Å². The topological polar surface area (TPSA) is 0 Å².